The number of hydrogen-bond donors (Lipinski definition) is 1. The summed E-state index contributed by atoms with van der Waals surface area (Å²) in [6, 6.07) is 0.241. The second-order valence-electron chi connectivity index (χ2n) is 4.41. The molecule has 2 N–H and O–H groups in total. The number of hydrogen-bond acceptors (Lipinski definition) is 5. The predicted octanol–water partition coefficient (Wildman–Crippen LogP) is 1.19. The van der Waals surface area contributed by atoms with Crippen LogP contribution in [0.2, 0.25) is 0 Å². The molecule has 0 spiro atoms. The summed E-state index contributed by atoms with van der Waals surface area (Å²) in [5, 5.41) is 0. The van der Waals surface area contributed by atoms with Gasteiger partial charge in [-0.2, -0.15) is 4.98 Å². The molecule has 0 bridgehead atoms. The van der Waals surface area contributed by atoms with Gasteiger partial charge in [0, 0.05) is 19.1 Å². The molecule has 1 aromatic rings. The van der Waals surface area contributed by atoms with Crippen molar-refractivity contribution in [2.75, 3.05) is 24.6 Å². The van der Waals surface area contributed by atoms with Crippen LogP contribution in [0.15, 0.2) is 12.4 Å². The van der Waals surface area contributed by atoms with E-state index in [0.29, 0.717) is 12.5 Å². The maximum absolute atomic E-state index is 5.96. The molecule has 2 heterocycles. The fraction of sp³-hybridized carbons (Fsp3) is 0.667. The van der Waals surface area contributed by atoms with Gasteiger partial charge in [0.1, 0.15) is 0 Å². The van der Waals surface area contributed by atoms with E-state index in [1.165, 1.54) is 0 Å². The van der Waals surface area contributed by atoms with Gasteiger partial charge in [-0.1, -0.05) is 6.92 Å². The Balaban J connectivity index is 2.04. The van der Waals surface area contributed by atoms with Gasteiger partial charge in [-0.05, 0) is 19.3 Å². The molecule has 5 heteroatoms. The summed E-state index contributed by atoms with van der Waals surface area (Å²) in [5.41, 5.74) is 5.96. The minimum Gasteiger partial charge on any atom is -0.477 e. The smallest absolute Gasteiger partial charge is 0.234 e. The molecule has 0 aromatic carbocycles. The van der Waals surface area contributed by atoms with Crippen molar-refractivity contribution in [3.63, 3.8) is 0 Å². The average molecular weight is 236 g/mol. The standard InChI is InChI=1S/C12H20N4O/c1-2-6-17-12-8-14-7-11(15-12)16-5-3-4-10(13)9-16/h7-8,10H,2-6,9,13H2,1H3/t10-/m1/s1. The first-order valence-electron chi connectivity index (χ1n) is 6.25. The topological polar surface area (TPSA) is 64.3 Å². The highest BCUT2D eigenvalue weighted by molar-refractivity contribution is 5.38. The molecule has 0 amide bonds. The third-order valence-electron chi connectivity index (χ3n) is 2.84. The van der Waals surface area contributed by atoms with Gasteiger partial charge in [0.2, 0.25) is 5.88 Å². The summed E-state index contributed by atoms with van der Waals surface area (Å²) in [7, 11) is 0. The largest absolute Gasteiger partial charge is 0.477 e. The molecule has 0 saturated carbocycles. The van der Waals surface area contributed by atoms with E-state index in [1.54, 1.807) is 12.4 Å². The number of aromatic nitrogens is 2. The number of nitrogens with zero attached hydrogens (tertiary/aromatic N) is 3. The van der Waals surface area contributed by atoms with Crippen LogP contribution in [0.3, 0.4) is 0 Å². The van der Waals surface area contributed by atoms with Gasteiger partial charge < -0.3 is 15.4 Å². The van der Waals surface area contributed by atoms with Gasteiger partial charge in [0.15, 0.2) is 5.82 Å². The molecule has 1 atom stereocenters. The molecule has 17 heavy (non-hydrogen) atoms. The first-order valence-corrected chi connectivity index (χ1v) is 6.25. The third-order valence-corrected chi connectivity index (χ3v) is 2.84. The fourth-order valence-electron chi connectivity index (χ4n) is 1.98. The highest BCUT2D eigenvalue weighted by Gasteiger charge is 2.18. The van der Waals surface area contributed by atoms with E-state index < -0.39 is 0 Å². The Kier molecular flexibility index (Phi) is 4.14. The molecule has 94 valence electrons. The zero-order chi connectivity index (χ0) is 12.1. The zero-order valence-electron chi connectivity index (χ0n) is 10.3. The summed E-state index contributed by atoms with van der Waals surface area (Å²) < 4.78 is 5.48. The molecule has 1 aliphatic heterocycles. The lowest BCUT2D eigenvalue weighted by atomic mass is 10.1. The summed E-state index contributed by atoms with van der Waals surface area (Å²) in [4.78, 5) is 10.8. The number of nitrogens with two attached hydrogens (primary N) is 1. The SMILES string of the molecule is CCCOc1cncc(N2CCC[C@@H](N)C2)n1. The molecule has 0 radical (unpaired) electrons. The van der Waals surface area contributed by atoms with Gasteiger partial charge >= 0.3 is 0 Å². The van der Waals surface area contributed by atoms with Gasteiger partial charge in [0.25, 0.3) is 0 Å². The van der Waals surface area contributed by atoms with E-state index in [-0.39, 0.29) is 6.04 Å². The summed E-state index contributed by atoms with van der Waals surface area (Å²) in [6.45, 7) is 4.60. The highest BCUT2D eigenvalue weighted by atomic mass is 16.5. The Morgan fingerprint density at radius 1 is 1.53 bits per heavy atom. The molecule has 1 fully saturated rings. The van der Waals surface area contributed by atoms with E-state index in [2.05, 4.69) is 21.8 Å². The minimum atomic E-state index is 0.241. The normalized spacial score (nSPS) is 20.4. The van der Waals surface area contributed by atoms with E-state index in [0.717, 1.165) is 38.2 Å². The number of piperidine rings is 1. The minimum absolute atomic E-state index is 0.241. The van der Waals surface area contributed by atoms with Crippen LogP contribution in [0.1, 0.15) is 26.2 Å². The lowest BCUT2D eigenvalue weighted by Crippen LogP contribution is -2.43. The first-order chi connectivity index (χ1) is 8.29. The van der Waals surface area contributed by atoms with Crippen LogP contribution in [0, 0.1) is 0 Å². The van der Waals surface area contributed by atoms with Crippen molar-refractivity contribution in [2.24, 2.45) is 5.73 Å². The summed E-state index contributed by atoms with van der Waals surface area (Å²) in [6.07, 6.45) is 6.61. The average Bonchev–Trinajstić information content (AvgIpc) is 2.37. The molecule has 0 unspecified atom stereocenters. The molecular formula is C12H20N4O. The second kappa shape index (κ2) is 5.82. The molecule has 0 aliphatic carbocycles. The highest BCUT2D eigenvalue weighted by Crippen LogP contribution is 2.18. The number of rotatable bonds is 4. The van der Waals surface area contributed by atoms with E-state index in [9.17, 15) is 0 Å². The molecule has 2 rings (SSSR count). The van der Waals surface area contributed by atoms with Crippen LogP contribution in [0.25, 0.3) is 0 Å². The zero-order valence-corrected chi connectivity index (χ0v) is 10.3. The molecule has 1 aliphatic rings. The Morgan fingerprint density at radius 2 is 2.41 bits per heavy atom. The quantitative estimate of drug-likeness (QED) is 0.850. The lowest BCUT2D eigenvalue weighted by molar-refractivity contribution is 0.303. The van der Waals surface area contributed by atoms with E-state index in [1.807, 2.05) is 0 Å². The lowest BCUT2D eigenvalue weighted by Gasteiger charge is -2.31. The number of anilines is 1. The van der Waals surface area contributed by atoms with Crippen LogP contribution in [0.4, 0.5) is 5.82 Å². The fourth-order valence-corrected chi connectivity index (χ4v) is 1.98. The van der Waals surface area contributed by atoms with Crippen molar-refractivity contribution in [1.29, 1.82) is 0 Å². The van der Waals surface area contributed by atoms with Gasteiger partial charge in [-0.3, -0.25) is 4.98 Å². The maximum Gasteiger partial charge on any atom is 0.234 e. The predicted molar refractivity (Wildman–Crippen MR) is 67.2 cm³/mol. The monoisotopic (exact) mass is 236 g/mol. The van der Waals surface area contributed by atoms with Crippen LogP contribution in [-0.2, 0) is 0 Å². The molecule has 5 nitrogen and oxygen atoms in total. The maximum atomic E-state index is 5.96. The van der Waals surface area contributed by atoms with Crippen LogP contribution in [-0.4, -0.2) is 35.7 Å². The Hall–Kier alpha value is -1.36. The molecular weight excluding hydrogens is 216 g/mol. The first kappa shape index (κ1) is 12.1. The van der Waals surface area contributed by atoms with Crippen molar-refractivity contribution in [2.45, 2.75) is 32.2 Å². The summed E-state index contributed by atoms with van der Waals surface area (Å²) in [5.74, 6) is 1.47. The van der Waals surface area contributed by atoms with E-state index >= 15 is 0 Å². The van der Waals surface area contributed by atoms with Gasteiger partial charge in [-0.25, -0.2) is 0 Å². The molecule has 1 aromatic heterocycles. The van der Waals surface area contributed by atoms with Crippen molar-refractivity contribution in [1.82, 2.24) is 9.97 Å². The Morgan fingerprint density at radius 3 is 3.18 bits per heavy atom. The Bertz CT molecular complexity index is 358. The number of ether oxygens (including phenoxy) is 1. The van der Waals surface area contributed by atoms with Crippen LogP contribution in [0.5, 0.6) is 5.88 Å². The summed E-state index contributed by atoms with van der Waals surface area (Å²) >= 11 is 0. The Labute approximate surface area is 102 Å². The van der Waals surface area contributed by atoms with Crippen molar-refractivity contribution in [3.8, 4) is 5.88 Å². The second-order valence-corrected chi connectivity index (χ2v) is 4.41. The third kappa shape index (κ3) is 3.30. The van der Waals surface area contributed by atoms with Crippen molar-refractivity contribution < 1.29 is 4.74 Å². The van der Waals surface area contributed by atoms with Crippen LogP contribution >= 0.6 is 0 Å². The van der Waals surface area contributed by atoms with Crippen molar-refractivity contribution >= 4 is 5.82 Å². The van der Waals surface area contributed by atoms with Gasteiger partial charge in [0.05, 0.1) is 19.0 Å². The van der Waals surface area contributed by atoms with Crippen molar-refractivity contribution in [3.05, 3.63) is 12.4 Å². The van der Waals surface area contributed by atoms with Crippen LogP contribution < -0.4 is 15.4 Å². The van der Waals surface area contributed by atoms with E-state index in [4.69, 9.17) is 10.5 Å². The van der Waals surface area contributed by atoms with Gasteiger partial charge in [-0.15, -0.1) is 0 Å². The molecule has 1 saturated heterocycles.